The normalized spacial score (nSPS) is 16.9. The van der Waals surface area contributed by atoms with Crippen LogP contribution in [0.5, 0.6) is 0 Å². The van der Waals surface area contributed by atoms with Crippen LogP contribution in [0, 0.1) is 0 Å². The molecule has 2 rings (SSSR count). The summed E-state index contributed by atoms with van der Waals surface area (Å²) in [6, 6.07) is 7.42. The number of carbonyl (C=O) groups is 1. The molecule has 116 valence electrons. The number of piperazine rings is 1. The van der Waals surface area contributed by atoms with E-state index in [9.17, 15) is 13.2 Å². The fraction of sp³-hybridized carbons (Fsp3) is 0.462. The highest BCUT2D eigenvalue weighted by molar-refractivity contribution is 7.89. The highest BCUT2D eigenvalue weighted by Crippen LogP contribution is 2.21. The molecule has 1 aliphatic rings. The molecule has 1 heterocycles. The van der Waals surface area contributed by atoms with Crippen molar-refractivity contribution in [2.75, 3.05) is 36.8 Å². The minimum atomic E-state index is -3.49. The maximum Gasteiger partial charge on any atom is 0.304 e. The van der Waals surface area contributed by atoms with Crippen molar-refractivity contribution in [1.82, 2.24) is 4.31 Å². The van der Waals surface area contributed by atoms with Gasteiger partial charge in [0.2, 0.25) is 10.0 Å². The molecule has 0 amide bonds. The first kappa shape index (κ1) is 16.1. The number of aliphatic carboxylic acids is 1. The van der Waals surface area contributed by atoms with E-state index in [-0.39, 0.29) is 12.2 Å². The smallest absolute Gasteiger partial charge is 0.304 e. The summed E-state index contributed by atoms with van der Waals surface area (Å²) in [5.74, 6) is -1.45. The van der Waals surface area contributed by atoms with Crippen molar-refractivity contribution in [1.29, 1.82) is 0 Å². The quantitative estimate of drug-likeness (QED) is 0.878. The molecular formula is C13H17ClN2O4S. The van der Waals surface area contributed by atoms with Gasteiger partial charge in [0.25, 0.3) is 0 Å². The molecule has 21 heavy (non-hydrogen) atoms. The predicted molar refractivity (Wildman–Crippen MR) is 81.3 cm³/mol. The molecule has 8 heteroatoms. The summed E-state index contributed by atoms with van der Waals surface area (Å²) in [5.41, 5.74) is 0.963. The van der Waals surface area contributed by atoms with Crippen molar-refractivity contribution in [3.05, 3.63) is 29.3 Å². The SMILES string of the molecule is O=C(O)CCS(=O)(=O)N1CCN(c2cccc(Cl)c2)CC1. The molecule has 0 atom stereocenters. The number of sulfonamides is 1. The monoisotopic (exact) mass is 332 g/mol. The van der Waals surface area contributed by atoms with Gasteiger partial charge in [0.05, 0.1) is 12.2 Å². The van der Waals surface area contributed by atoms with Crippen molar-refractivity contribution >= 4 is 33.3 Å². The van der Waals surface area contributed by atoms with Gasteiger partial charge in [-0.15, -0.1) is 0 Å². The number of rotatable bonds is 5. The average Bonchev–Trinajstić information content (AvgIpc) is 2.45. The summed E-state index contributed by atoms with van der Waals surface area (Å²) in [4.78, 5) is 12.6. The Morgan fingerprint density at radius 1 is 1.24 bits per heavy atom. The third-order valence-corrected chi connectivity index (χ3v) is 5.49. The molecule has 1 fully saturated rings. The second-order valence-corrected chi connectivity index (χ2v) is 7.35. The molecule has 1 saturated heterocycles. The second kappa shape index (κ2) is 6.64. The molecule has 0 saturated carbocycles. The van der Waals surface area contributed by atoms with Crippen molar-refractivity contribution in [3.63, 3.8) is 0 Å². The van der Waals surface area contributed by atoms with Crippen LogP contribution in [0.15, 0.2) is 24.3 Å². The number of carboxylic acid groups (broad SMARTS) is 1. The molecule has 1 aromatic carbocycles. The third kappa shape index (κ3) is 4.33. The first-order valence-corrected chi connectivity index (χ1v) is 8.57. The maximum atomic E-state index is 12.0. The van der Waals surface area contributed by atoms with Crippen LogP contribution in [0.4, 0.5) is 5.69 Å². The van der Waals surface area contributed by atoms with Crippen LogP contribution >= 0.6 is 11.6 Å². The maximum absolute atomic E-state index is 12.0. The minimum absolute atomic E-state index is 0.348. The molecule has 0 bridgehead atoms. The zero-order chi connectivity index (χ0) is 15.5. The summed E-state index contributed by atoms with van der Waals surface area (Å²) < 4.78 is 25.4. The van der Waals surface area contributed by atoms with Crippen molar-refractivity contribution in [3.8, 4) is 0 Å². The molecule has 6 nitrogen and oxygen atoms in total. The van der Waals surface area contributed by atoms with E-state index in [2.05, 4.69) is 4.90 Å². The Morgan fingerprint density at radius 3 is 2.48 bits per heavy atom. The van der Waals surface area contributed by atoms with Gasteiger partial charge in [0, 0.05) is 36.9 Å². The van der Waals surface area contributed by atoms with Crippen LogP contribution < -0.4 is 4.90 Å². The highest BCUT2D eigenvalue weighted by atomic mass is 35.5. The Hall–Kier alpha value is -1.31. The summed E-state index contributed by atoms with van der Waals surface area (Å²) in [6.07, 6.45) is -0.364. The average molecular weight is 333 g/mol. The fourth-order valence-electron chi connectivity index (χ4n) is 2.24. The molecule has 0 radical (unpaired) electrons. The molecule has 0 spiro atoms. The van der Waals surface area contributed by atoms with E-state index >= 15 is 0 Å². The largest absolute Gasteiger partial charge is 0.481 e. The van der Waals surface area contributed by atoms with Gasteiger partial charge >= 0.3 is 5.97 Å². The van der Waals surface area contributed by atoms with E-state index in [1.54, 1.807) is 6.07 Å². The van der Waals surface area contributed by atoms with E-state index in [0.717, 1.165) is 5.69 Å². The number of hydrogen-bond donors (Lipinski definition) is 1. The Balaban J connectivity index is 1.95. The molecule has 1 aromatic rings. The Kier molecular flexibility index (Phi) is 5.08. The number of carboxylic acids is 1. The lowest BCUT2D eigenvalue weighted by Gasteiger charge is -2.35. The predicted octanol–water partition coefficient (Wildman–Crippen LogP) is 1.27. The van der Waals surface area contributed by atoms with Gasteiger partial charge in [-0.3, -0.25) is 4.79 Å². The first-order valence-electron chi connectivity index (χ1n) is 6.58. The summed E-state index contributed by atoms with van der Waals surface area (Å²) >= 11 is 5.95. The van der Waals surface area contributed by atoms with Crippen molar-refractivity contribution < 1.29 is 18.3 Å². The number of anilines is 1. The van der Waals surface area contributed by atoms with E-state index in [1.807, 2.05) is 18.2 Å². The zero-order valence-electron chi connectivity index (χ0n) is 11.4. The van der Waals surface area contributed by atoms with Gasteiger partial charge in [-0.05, 0) is 18.2 Å². The number of hydrogen-bond acceptors (Lipinski definition) is 4. The lowest BCUT2D eigenvalue weighted by molar-refractivity contribution is -0.136. The van der Waals surface area contributed by atoms with Crippen LogP contribution in [-0.4, -0.2) is 55.7 Å². The van der Waals surface area contributed by atoms with Crippen molar-refractivity contribution in [2.24, 2.45) is 0 Å². The molecular weight excluding hydrogens is 316 g/mol. The van der Waals surface area contributed by atoms with Gasteiger partial charge in [-0.2, -0.15) is 4.31 Å². The van der Waals surface area contributed by atoms with Gasteiger partial charge < -0.3 is 10.0 Å². The van der Waals surface area contributed by atoms with Gasteiger partial charge in [0.15, 0.2) is 0 Å². The van der Waals surface area contributed by atoms with Crippen LogP contribution in [-0.2, 0) is 14.8 Å². The lowest BCUT2D eigenvalue weighted by atomic mass is 10.2. The van der Waals surface area contributed by atoms with E-state index in [0.29, 0.717) is 31.2 Å². The number of benzene rings is 1. The summed E-state index contributed by atoms with van der Waals surface area (Å²) in [5, 5.41) is 9.23. The first-order chi connectivity index (χ1) is 9.88. The molecule has 0 aliphatic carbocycles. The zero-order valence-corrected chi connectivity index (χ0v) is 13.0. The molecule has 1 aliphatic heterocycles. The summed E-state index contributed by atoms with van der Waals surface area (Å²) in [7, 11) is -3.49. The standard InChI is InChI=1S/C13H17ClN2O4S/c14-11-2-1-3-12(10-11)15-5-7-16(8-6-15)21(19,20)9-4-13(17)18/h1-3,10H,4-9H2,(H,17,18). The molecule has 1 N–H and O–H groups in total. The van der Waals surface area contributed by atoms with Gasteiger partial charge in [0.1, 0.15) is 0 Å². The van der Waals surface area contributed by atoms with Crippen LogP contribution in [0.3, 0.4) is 0 Å². The van der Waals surface area contributed by atoms with Gasteiger partial charge in [-0.1, -0.05) is 17.7 Å². The fourth-order valence-corrected chi connectivity index (χ4v) is 3.84. The topological polar surface area (TPSA) is 77.9 Å². The second-order valence-electron chi connectivity index (χ2n) is 4.83. The van der Waals surface area contributed by atoms with Crippen LogP contribution in [0.1, 0.15) is 6.42 Å². The highest BCUT2D eigenvalue weighted by Gasteiger charge is 2.27. The lowest BCUT2D eigenvalue weighted by Crippen LogP contribution is -2.49. The Labute approximate surface area is 129 Å². The summed E-state index contributed by atoms with van der Waals surface area (Å²) in [6.45, 7) is 1.84. The number of nitrogens with zero attached hydrogens (tertiary/aromatic N) is 2. The molecule has 0 unspecified atom stereocenters. The van der Waals surface area contributed by atoms with E-state index < -0.39 is 16.0 Å². The van der Waals surface area contributed by atoms with E-state index in [4.69, 9.17) is 16.7 Å². The third-order valence-electron chi connectivity index (χ3n) is 3.38. The number of halogens is 1. The minimum Gasteiger partial charge on any atom is -0.481 e. The van der Waals surface area contributed by atoms with Crippen LogP contribution in [0.2, 0.25) is 5.02 Å². The van der Waals surface area contributed by atoms with E-state index in [1.165, 1.54) is 4.31 Å². The van der Waals surface area contributed by atoms with Gasteiger partial charge in [-0.25, -0.2) is 8.42 Å². The Morgan fingerprint density at radius 2 is 1.90 bits per heavy atom. The Bertz CT molecular complexity index is 612. The van der Waals surface area contributed by atoms with Crippen LogP contribution in [0.25, 0.3) is 0 Å². The molecule has 0 aromatic heterocycles. The van der Waals surface area contributed by atoms with Crippen molar-refractivity contribution in [2.45, 2.75) is 6.42 Å².